The third-order valence-corrected chi connectivity index (χ3v) is 5.28. The van der Waals surface area contributed by atoms with Gasteiger partial charge >= 0.3 is 5.69 Å². The van der Waals surface area contributed by atoms with E-state index in [2.05, 4.69) is 15.5 Å². The van der Waals surface area contributed by atoms with Crippen LogP contribution in [0.1, 0.15) is 5.82 Å². The van der Waals surface area contributed by atoms with Crippen LogP contribution in [0.15, 0.2) is 4.79 Å². The van der Waals surface area contributed by atoms with Crippen LogP contribution in [0.4, 0.5) is 0 Å². The Morgan fingerprint density at radius 1 is 1.47 bits per heavy atom. The van der Waals surface area contributed by atoms with Crippen LogP contribution in [-0.4, -0.2) is 50.4 Å². The first-order valence-electron chi connectivity index (χ1n) is 5.76. The molecule has 0 atom stereocenters. The molecule has 1 fully saturated rings. The molecular formula is C10H18N4OS2. The molecule has 0 spiro atoms. The van der Waals surface area contributed by atoms with Crippen LogP contribution in [-0.2, 0) is 13.5 Å². The SMILES string of the molecule is Cn1c(CCNC2CSCCSC2)n[nH]c1=O. The summed E-state index contributed by atoms with van der Waals surface area (Å²) >= 11 is 4.03. The van der Waals surface area contributed by atoms with Crippen LogP contribution in [0, 0.1) is 0 Å². The molecule has 1 aromatic heterocycles. The van der Waals surface area contributed by atoms with E-state index in [1.165, 1.54) is 23.0 Å². The third kappa shape index (κ3) is 3.79. The second-order valence-corrected chi connectivity index (χ2v) is 6.35. The highest BCUT2D eigenvalue weighted by atomic mass is 32.2. The van der Waals surface area contributed by atoms with Crippen molar-refractivity contribution < 1.29 is 0 Å². The Balaban J connectivity index is 1.75. The number of hydrogen-bond acceptors (Lipinski definition) is 5. The summed E-state index contributed by atoms with van der Waals surface area (Å²) < 4.78 is 1.57. The van der Waals surface area contributed by atoms with Gasteiger partial charge in [0.15, 0.2) is 0 Å². The summed E-state index contributed by atoms with van der Waals surface area (Å²) in [7, 11) is 1.75. The topological polar surface area (TPSA) is 62.7 Å². The zero-order chi connectivity index (χ0) is 12.1. The van der Waals surface area contributed by atoms with Gasteiger partial charge in [0.2, 0.25) is 0 Å². The van der Waals surface area contributed by atoms with Crippen LogP contribution in [0.2, 0.25) is 0 Å². The van der Waals surface area contributed by atoms with Crippen LogP contribution >= 0.6 is 23.5 Å². The Hall–Kier alpha value is -0.400. The first-order valence-corrected chi connectivity index (χ1v) is 8.07. The largest absolute Gasteiger partial charge is 0.343 e. The minimum Gasteiger partial charge on any atom is -0.312 e. The maximum absolute atomic E-state index is 11.2. The predicted molar refractivity (Wildman–Crippen MR) is 74.0 cm³/mol. The molecule has 0 aromatic carbocycles. The van der Waals surface area contributed by atoms with E-state index in [1.54, 1.807) is 11.6 Å². The van der Waals surface area contributed by atoms with Crippen molar-refractivity contribution in [1.29, 1.82) is 0 Å². The lowest BCUT2D eigenvalue weighted by Crippen LogP contribution is -2.35. The van der Waals surface area contributed by atoms with E-state index in [0.29, 0.717) is 6.04 Å². The van der Waals surface area contributed by atoms with Gasteiger partial charge in [-0.05, 0) is 0 Å². The maximum Gasteiger partial charge on any atom is 0.343 e. The van der Waals surface area contributed by atoms with Gasteiger partial charge in [-0.15, -0.1) is 0 Å². The average molecular weight is 274 g/mol. The van der Waals surface area contributed by atoms with E-state index in [-0.39, 0.29) is 5.69 Å². The van der Waals surface area contributed by atoms with E-state index in [0.717, 1.165) is 18.8 Å². The molecule has 0 bridgehead atoms. The van der Waals surface area contributed by atoms with Crippen LogP contribution in [0.5, 0.6) is 0 Å². The summed E-state index contributed by atoms with van der Waals surface area (Å²) in [5, 5.41) is 9.98. The summed E-state index contributed by atoms with van der Waals surface area (Å²) in [5.41, 5.74) is -0.138. The molecule has 96 valence electrons. The minimum absolute atomic E-state index is 0.138. The fourth-order valence-corrected chi connectivity index (χ4v) is 4.19. The molecule has 5 nitrogen and oxygen atoms in total. The molecule has 2 rings (SSSR count). The Labute approximate surface area is 109 Å². The summed E-state index contributed by atoms with van der Waals surface area (Å²) in [6.07, 6.45) is 0.793. The minimum atomic E-state index is -0.138. The quantitative estimate of drug-likeness (QED) is 0.815. The zero-order valence-electron chi connectivity index (χ0n) is 9.94. The molecule has 0 aliphatic carbocycles. The summed E-state index contributed by atoms with van der Waals surface area (Å²) in [4.78, 5) is 11.2. The molecule has 0 amide bonds. The second-order valence-electron chi connectivity index (χ2n) is 4.05. The predicted octanol–water partition coefficient (Wildman–Crippen LogP) is 0.0891. The van der Waals surface area contributed by atoms with Crippen molar-refractivity contribution in [2.24, 2.45) is 7.05 Å². The van der Waals surface area contributed by atoms with E-state index in [9.17, 15) is 4.79 Å². The van der Waals surface area contributed by atoms with Gasteiger partial charge in [-0.3, -0.25) is 4.57 Å². The number of aromatic nitrogens is 3. The molecule has 0 saturated carbocycles. The van der Waals surface area contributed by atoms with Crippen molar-refractivity contribution in [3.8, 4) is 0 Å². The fraction of sp³-hybridized carbons (Fsp3) is 0.800. The van der Waals surface area contributed by atoms with Gasteiger partial charge < -0.3 is 5.32 Å². The van der Waals surface area contributed by atoms with Gasteiger partial charge in [0.05, 0.1) is 0 Å². The van der Waals surface area contributed by atoms with Crippen LogP contribution in [0.25, 0.3) is 0 Å². The molecule has 17 heavy (non-hydrogen) atoms. The summed E-state index contributed by atoms with van der Waals surface area (Å²) in [6.45, 7) is 0.879. The van der Waals surface area contributed by atoms with Crippen molar-refractivity contribution in [2.75, 3.05) is 29.6 Å². The second kappa shape index (κ2) is 6.51. The van der Waals surface area contributed by atoms with Gasteiger partial charge in [0.25, 0.3) is 0 Å². The number of hydrogen-bond donors (Lipinski definition) is 2. The molecule has 2 heterocycles. The Kier molecular flexibility index (Phi) is 4.99. The molecule has 0 unspecified atom stereocenters. The Morgan fingerprint density at radius 3 is 2.76 bits per heavy atom. The highest BCUT2D eigenvalue weighted by Gasteiger charge is 2.12. The highest BCUT2D eigenvalue weighted by Crippen LogP contribution is 2.16. The lowest BCUT2D eigenvalue weighted by molar-refractivity contribution is 0.588. The maximum atomic E-state index is 11.2. The number of thioether (sulfide) groups is 2. The van der Waals surface area contributed by atoms with Crippen LogP contribution in [0.3, 0.4) is 0 Å². The monoisotopic (exact) mass is 274 g/mol. The normalized spacial score (nSPS) is 18.2. The standard InChI is InChI=1S/C10H18N4OS2/c1-14-9(12-13-10(14)15)2-3-11-8-6-16-4-5-17-7-8/h8,11H,2-7H2,1H3,(H,13,15). The zero-order valence-corrected chi connectivity index (χ0v) is 11.6. The average Bonchev–Trinajstić information content (AvgIpc) is 2.58. The number of rotatable bonds is 4. The fourth-order valence-electron chi connectivity index (χ4n) is 1.73. The Bertz CT molecular complexity index is 395. The van der Waals surface area contributed by atoms with E-state index in [4.69, 9.17) is 0 Å². The molecule has 1 aliphatic heterocycles. The van der Waals surface area contributed by atoms with Crippen molar-refractivity contribution in [2.45, 2.75) is 12.5 Å². The molecule has 2 N–H and O–H groups in total. The van der Waals surface area contributed by atoms with E-state index in [1.807, 2.05) is 23.5 Å². The molecule has 1 saturated heterocycles. The van der Waals surface area contributed by atoms with Crippen LogP contribution < -0.4 is 11.0 Å². The number of nitrogens with one attached hydrogen (secondary N) is 2. The van der Waals surface area contributed by atoms with Gasteiger partial charge in [0.1, 0.15) is 5.82 Å². The lowest BCUT2D eigenvalue weighted by Gasteiger charge is -2.14. The lowest BCUT2D eigenvalue weighted by atomic mass is 10.3. The van der Waals surface area contributed by atoms with Crippen molar-refractivity contribution in [1.82, 2.24) is 20.1 Å². The number of nitrogens with zero attached hydrogens (tertiary/aromatic N) is 2. The number of aromatic amines is 1. The summed E-state index contributed by atoms with van der Waals surface area (Å²) in [5.74, 6) is 5.71. The molecule has 7 heteroatoms. The first-order chi connectivity index (χ1) is 8.27. The smallest absolute Gasteiger partial charge is 0.312 e. The van der Waals surface area contributed by atoms with Crippen molar-refractivity contribution in [3.05, 3.63) is 16.3 Å². The number of H-pyrrole nitrogens is 1. The van der Waals surface area contributed by atoms with E-state index < -0.39 is 0 Å². The third-order valence-electron chi connectivity index (χ3n) is 2.76. The van der Waals surface area contributed by atoms with Gasteiger partial charge in [-0.25, -0.2) is 9.89 Å². The van der Waals surface area contributed by atoms with Gasteiger partial charge in [-0.1, -0.05) is 0 Å². The van der Waals surface area contributed by atoms with E-state index >= 15 is 0 Å². The highest BCUT2D eigenvalue weighted by molar-refractivity contribution is 8.03. The van der Waals surface area contributed by atoms with Gasteiger partial charge in [0, 0.05) is 49.1 Å². The molecule has 1 aromatic rings. The Morgan fingerprint density at radius 2 is 2.18 bits per heavy atom. The van der Waals surface area contributed by atoms with Crippen molar-refractivity contribution in [3.63, 3.8) is 0 Å². The molecule has 0 radical (unpaired) electrons. The first kappa shape index (κ1) is 13.0. The molecule has 1 aliphatic rings. The van der Waals surface area contributed by atoms with Crippen molar-refractivity contribution >= 4 is 23.5 Å². The van der Waals surface area contributed by atoms with Gasteiger partial charge in [-0.2, -0.15) is 28.6 Å². The summed E-state index contributed by atoms with van der Waals surface area (Å²) in [6, 6.07) is 0.587. The molecular weight excluding hydrogens is 256 g/mol.